The molecule has 1 aliphatic rings. The lowest BCUT2D eigenvalue weighted by Crippen LogP contribution is -2.47. The summed E-state index contributed by atoms with van der Waals surface area (Å²) in [6.45, 7) is 8.13. The molecule has 12 heteroatoms. The van der Waals surface area contributed by atoms with Crippen LogP contribution in [0.1, 0.15) is 32.9 Å². The summed E-state index contributed by atoms with van der Waals surface area (Å²) in [5.74, 6) is 0.404. The Labute approximate surface area is 219 Å². The molecule has 2 aromatic heterocycles. The average molecular weight is 530 g/mol. The maximum atomic E-state index is 12.0. The first-order valence-electron chi connectivity index (χ1n) is 12.3. The van der Waals surface area contributed by atoms with E-state index in [2.05, 4.69) is 31.2 Å². The largest absolute Gasteiger partial charge is 0.396 e. The smallest absolute Gasteiger partial charge is 0.315 e. The van der Waals surface area contributed by atoms with Gasteiger partial charge >= 0.3 is 6.03 Å². The third kappa shape index (κ3) is 6.45. The fraction of sp³-hybridized carbons (Fsp3) is 0.520. The second kappa shape index (κ2) is 11.1. The number of nitrogens with zero attached hydrogens (tertiary/aromatic N) is 3. The molecule has 11 nitrogen and oxygen atoms in total. The predicted molar refractivity (Wildman–Crippen MR) is 145 cm³/mol. The van der Waals surface area contributed by atoms with E-state index in [1.165, 1.54) is 11.3 Å². The minimum Gasteiger partial charge on any atom is -0.396 e. The van der Waals surface area contributed by atoms with Crippen molar-refractivity contribution in [2.75, 3.05) is 30.3 Å². The van der Waals surface area contributed by atoms with Gasteiger partial charge in [-0.25, -0.2) is 14.8 Å². The molecule has 4 rings (SSSR count). The molecule has 3 aromatic rings. The first-order valence-corrected chi connectivity index (χ1v) is 13.2. The Hall–Kier alpha value is -3.06. The second-order valence-corrected chi connectivity index (χ2v) is 11.3. The third-order valence-corrected chi connectivity index (χ3v) is 7.19. The van der Waals surface area contributed by atoms with Crippen LogP contribution in [0.2, 0.25) is 0 Å². The van der Waals surface area contributed by atoms with Crippen LogP contribution in [0.15, 0.2) is 24.3 Å². The molecule has 0 bridgehead atoms. The maximum Gasteiger partial charge on any atom is 0.315 e. The molecule has 37 heavy (non-hydrogen) atoms. The van der Waals surface area contributed by atoms with Crippen LogP contribution in [-0.2, 0) is 0 Å². The highest BCUT2D eigenvalue weighted by molar-refractivity contribution is 7.21. The standard InChI is InChI=1S/C25H35N7O4S/c1-13-18(22-30-15-7-5-6-8-17(15)37-22)21(29-16-11-14(12-33)19(34)20(16)35)31-23(28-13)26-9-10-27-24(36)32-25(2,3)4/h5-8,14,16,19-20,33-35H,9-12H2,1-4H3,(H2,27,32,36)(H2,26,28,29,31)/t14-,16-,19-,20+/m1/s1. The van der Waals surface area contributed by atoms with E-state index in [9.17, 15) is 20.1 Å². The number of carbonyl (C=O) groups is 1. The summed E-state index contributed by atoms with van der Waals surface area (Å²) in [4.78, 5) is 26.1. The Morgan fingerprint density at radius 2 is 1.86 bits per heavy atom. The zero-order valence-electron chi connectivity index (χ0n) is 21.4. The summed E-state index contributed by atoms with van der Waals surface area (Å²) in [6.07, 6.45) is -1.70. The lowest BCUT2D eigenvalue weighted by Gasteiger charge is -2.22. The van der Waals surface area contributed by atoms with Crippen LogP contribution in [0.25, 0.3) is 20.8 Å². The van der Waals surface area contributed by atoms with Crippen molar-refractivity contribution >= 4 is 39.4 Å². The number of hydrogen-bond acceptors (Lipinski definition) is 10. The van der Waals surface area contributed by atoms with Gasteiger partial charge in [0.1, 0.15) is 16.9 Å². The minimum absolute atomic E-state index is 0.216. The normalized spacial score (nSPS) is 21.7. The van der Waals surface area contributed by atoms with Crippen molar-refractivity contribution in [2.24, 2.45) is 5.92 Å². The number of thiazole rings is 1. The number of hydrogen-bond donors (Lipinski definition) is 7. The van der Waals surface area contributed by atoms with Gasteiger partial charge in [0.2, 0.25) is 5.95 Å². The van der Waals surface area contributed by atoms with Gasteiger partial charge in [0.25, 0.3) is 0 Å². The Morgan fingerprint density at radius 3 is 2.54 bits per heavy atom. The van der Waals surface area contributed by atoms with Crippen molar-refractivity contribution in [3.05, 3.63) is 30.0 Å². The van der Waals surface area contributed by atoms with Crippen LogP contribution < -0.4 is 21.3 Å². The molecule has 0 unspecified atom stereocenters. The van der Waals surface area contributed by atoms with E-state index in [-0.39, 0.29) is 18.2 Å². The van der Waals surface area contributed by atoms with Crippen LogP contribution in [0.3, 0.4) is 0 Å². The molecule has 0 radical (unpaired) electrons. The van der Waals surface area contributed by atoms with Crippen molar-refractivity contribution in [1.29, 1.82) is 0 Å². The van der Waals surface area contributed by atoms with Crippen molar-refractivity contribution < 1.29 is 20.1 Å². The molecule has 0 spiro atoms. The number of nitrogens with one attached hydrogen (secondary N) is 4. The van der Waals surface area contributed by atoms with Gasteiger partial charge < -0.3 is 36.6 Å². The fourth-order valence-corrected chi connectivity index (χ4v) is 5.41. The Morgan fingerprint density at radius 1 is 1.11 bits per heavy atom. The molecule has 1 saturated carbocycles. The van der Waals surface area contributed by atoms with Crippen LogP contribution in [-0.4, -0.2) is 79.8 Å². The molecule has 200 valence electrons. The first kappa shape index (κ1) is 27.0. The third-order valence-electron chi connectivity index (χ3n) is 6.14. The van der Waals surface area contributed by atoms with Crippen LogP contribution >= 0.6 is 11.3 Å². The number of fused-ring (bicyclic) bond motifs is 1. The molecule has 4 atom stereocenters. The number of anilines is 2. The number of aromatic nitrogens is 3. The van der Waals surface area contributed by atoms with Crippen molar-refractivity contribution in [3.8, 4) is 10.6 Å². The highest BCUT2D eigenvalue weighted by Gasteiger charge is 2.41. The number of benzene rings is 1. The van der Waals surface area contributed by atoms with E-state index in [0.29, 0.717) is 42.5 Å². The highest BCUT2D eigenvalue weighted by Crippen LogP contribution is 2.38. The quantitative estimate of drug-likeness (QED) is 0.216. The van der Waals surface area contributed by atoms with E-state index in [1.54, 1.807) is 0 Å². The lowest BCUT2D eigenvalue weighted by atomic mass is 10.1. The van der Waals surface area contributed by atoms with Gasteiger partial charge in [-0.15, -0.1) is 11.3 Å². The molecule has 2 amide bonds. The summed E-state index contributed by atoms with van der Waals surface area (Å²) < 4.78 is 1.03. The molecular formula is C25H35N7O4S. The van der Waals surface area contributed by atoms with Crippen LogP contribution in [0.5, 0.6) is 0 Å². The zero-order chi connectivity index (χ0) is 26.7. The van der Waals surface area contributed by atoms with Gasteiger partial charge in [-0.2, -0.15) is 4.98 Å². The molecular weight excluding hydrogens is 494 g/mol. The SMILES string of the molecule is Cc1nc(NCCNC(=O)NC(C)(C)C)nc(N[C@@H]2C[C@H](CO)[C@@H](O)[C@H]2O)c1-c1nc2ccccc2s1. The number of para-hydroxylation sites is 1. The number of rotatable bonds is 8. The highest BCUT2D eigenvalue weighted by atomic mass is 32.1. The molecule has 1 fully saturated rings. The summed E-state index contributed by atoms with van der Waals surface area (Å²) in [7, 11) is 0. The van der Waals surface area contributed by atoms with E-state index < -0.39 is 24.2 Å². The topological polar surface area (TPSA) is 165 Å². The number of carbonyl (C=O) groups excluding carboxylic acids is 1. The summed E-state index contributed by atoms with van der Waals surface area (Å²) in [5, 5.41) is 43.3. The maximum absolute atomic E-state index is 12.0. The van der Waals surface area contributed by atoms with Crippen LogP contribution in [0, 0.1) is 12.8 Å². The van der Waals surface area contributed by atoms with Crippen molar-refractivity contribution in [2.45, 2.75) is 57.9 Å². The van der Waals surface area contributed by atoms with Gasteiger partial charge in [0, 0.05) is 31.2 Å². The molecule has 0 aliphatic heterocycles. The predicted octanol–water partition coefficient (Wildman–Crippen LogP) is 2.09. The Kier molecular flexibility index (Phi) is 8.12. The Balaban J connectivity index is 1.57. The number of aliphatic hydroxyl groups is 3. The van der Waals surface area contributed by atoms with E-state index in [4.69, 9.17) is 4.98 Å². The number of aryl methyl sites for hydroxylation is 1. The fourth-order valence-electron chi connectivity index (χ4n) is 4.35. The van der Waals surface area contributed by atoms with Gasteiger partial charge in [-0.3, -0.25) is 0 Å². The minimum atomic E-state index is -1.06. The van der Waals surface area contributed by atoms with Crippen molar-refractivity contribution in [1.82, 2.24) is 25.6 Å². The molecule has 0 saturated heterocycles. The first-order chi connectivity index (χ1) is 17.6. The second-order valence-electron chi connectivity index (χ2n) is 10.3. The molecule has 2 heterocycles. The van der Waals surface area contributed by atoms with Gasteiger partial charge in [0.05, 0.1) is 33.6 Å². The van der Waals surface area contributed by atoms with Gasteiger partial charge in [-0.05, 0) is 46.2 Å². The van der Waals surface area contributed by atoms with E-state index in [0.717, 1.165) is 15.2 Å². The number of amides is 2. The van der Waals surface area contributed by atoms with Gasteiger partial charge in [0.15, 0.2) is 0 Å². The summed E-state index contributed by atoms with van der Waals surface area (Å²) in [6, 6.07) is 7.07. The molecule has 1 aliphatic carbocycles. The number of aliphatic hydroxyl groups excluding tert-OH is 3. The zero-order valence-corrected chi connectivity index (χ0v) is 22.3. The Bertz CT molecular complexity index is 1210. The molecule has 1 aromatic carbocycles. The van der Waals surface area contributed by atoms with Crippen LogP contribution in [0.4, 0.5) is 16.6 Å². The van der Waals surface area contributed by atoms with Gasteiger partial charge in [-0.1, -0.05) is 12.1 Å². The average Bonchev–Trinajstić information content (AvgIpc) is 3.36. The number of urea groups is 1. The molecule has 7 N–H and O–H groups in total. The van der Waals surface area contributed by atoms with E-state index >= 15 is 0 Å². The lowest BCUT2D eigenvalue weighted by molar-refractivity contribution is 0.00446. The summed E-state index contributed by atoms with van der Waals surface area (Å²) in [5.41, 5.74) is 1.93. The monoisotopic (exact) mass is 529 g/mol. The van der Waals surface area contributed by atoms with Crippen molar-refractivity contribution in [3.63, 3.8) is 0 Å². The summed E-state index contributed by atoms with van der Waals surface area (Å²) >= 11 is 1.52. The van der Waals surface area contributed by atoms with E-state index in [1.807, 2.05) is 52.0 Å².